The molecular formula is C36H45N2O+. The van der Waals surface area contributed by atoms with Gasteiger partial charge in [-0.15, -0.1) is 0 Å². The second kappa shape index (κ2) is 9.32. The van der Waals surface area contributed by atoms with E-state index >= 15 is 0 Å². The molecule has 1 fully saturated rings. The average molecular weight is 522 g/mol. The number of rotatable bonds is 4. The van der Waals surface area contributed by atoms with Gasteiger partial charge in [-0.25, -0.2) is 4.98 Å². The molecule has 0 spiro atoms. The number of hydrogen-bond acceptors (Lipinski definition) is 2. The SMILES string of the molecule is CCC1(CC)CCC(c2cccc3c2nc2c([n+]3C)-c3c(C)c(C)cc4cc(CC(C)(C)C)cc(c34)O2)CC1. The summed E-state index contributed by atoms with van der Waals surface area (Å²) in [7, 11) is 2.20. The van der Waals surface area contributed by atoms with E-state index in [0.717, 1.165) is 29.3 Å². The minimum absolute atomic E-state index is 0.207. The van der Waals surface area contributed by atoms with E-state index in [1.54, 1.807) is 0 Å². The van der Waals surface area contributed by atoms with Gasteiger partial charge in [0.2, 0.25) is 5.52 Å². The third-order valence-electron chi connectivity index (χ3n) is 10.1. The molecule has 39 heavy (non-hydrogen) atoms. The number of nitrogens with zero attached hydrogens (tertiary/aromatic N) is 2. The number of benzene rings is 3. The maximum atomic E-state index is 6.77. The molecule has 3 heteroatoms. The van der Waals surface area contributed by atoms with Crippen LogP contribution in [0.2, 0.25) is 0 Å². The maximum Gasteiger partial charge on any atom is 0.294 e. The molecule has 4 aromatic rings. The number of para-hydroxylation sites is 1. The molecule has 0 saturated heterocycles. The van der Waals surface area contributed by atoms with Gasteiger partial charge in [-0.3, -0.25) is 0 Å². The lowest BCUT2D eigenvalue weighted by atomic mass is 9.66. The van der Waals surface area contributed by atoms with Gasteiger partial charge in [0.25, 0.3) is 11.6 Å². The molecule has 0 amide bonds. The average Bonchev–Trinajstić information content (AvgIpc) is 2.90. The zero-order chi connectivity index (χ0) is 27.7. The van der Waals surface area contributed by atoms with E-state index in [9.17, 15) is 0 Å². The summed E-state index contributed by atoms with van der Waals surface area (Å²) in [6.07, 6.45) is 8.73. The second-order valence-corrected chi connectivity index (χ2v) is 13.7. The lowest BCUT2D eigenvalue weighted by Gasteiger charge is -2.39. The van der Waals surface area contributed by atoms with Gasteiger partial charge in [-0.2, -0.15) is 4.57 Å². The van der Waals surface area contributed by atoms with Crippen LogP contribution in [0, 0.1) is 24.7 Å². The highest BCUT2D eigenvalue weighted by atomic mass is 16.5. The fraction of sp³-hybridized carbons (Fsp3) is 0.500. The van der Waals surface area contributed by atoms with Crippen molar-refractivity contribution < 1.29 is 9.30 Å². The molecular weight excluding hydrogens is 476 g/mol. The highest BCUT2D eigenvalue weighted by molar-refractivity contribution is 6.05. The molecule has 3 nitrogen and oxygen atoms in total. The smallest absolute Gasteiger partial charge is 0.294 e. The Bertz CT molecular complexity index is 1590. The Kier molecular flexibility index (Phi) is 6.28. The van der Waals surface area contributed by atoms with E-state index in [4.69, 9.17) is 9.72 Å². The molecule has 3 aromatic carbocycles. The van der Waals surface area contributed by atoms with Crippen LogP contribution in [0.5, 0.6) is 11.6 Å². The Balaban J connectivity index is 1.53. The number of ether oxygens (including phenoxy) is 1. The normalized spacial score (nSPS) is 16.9. The van der Waals surface area contributed by atoms with Gasteiger partial charge in [-0.05, 0) is 96.4 Å². The van der Waals surface area contributed by atoms with Gasteiger partial charge in [0.15, 0.2) is 0 Å². The predicted octanol–water partition coefficient (Wildman–Crippen LogP) is 9.65. The summed E-state index contributed by atoms with van der Waals surface area (Å²) in [5, 5.41) is 2.49. The van der Waals surface area contributed by atoms with Crippen LogP contribution in [0.15, 0.2) is 36.4 Å². The molecule has 6 rings (SSSR count). The van der Waals surface area contributed by atoms with Gasteiger partial charge in [0.05, 0.1) is 5.56 Å². The zero-order valence-corrected chi connectivity index (χ0v) is 25.3. The quantitative estimate of drug-likeness (QED) is 0.220. The van der Waals surface area contributed by atoms with Gasteiger partial charge in [0.1, 0.15) is 18.3 Å². The molecule has 0 N–H and O–H groups in total. The van der Waals surface area contributed by atoms with Crippen LogP contribution >= 0.6 is 0 Å². The van der Waals surface area contributed by atoms with Crippen molar-refractivity contribution in [2.75, 3.05) is 0 Å². The molecule has 1 saturated carbocycles. The molecule has 1 aromatic heterocycles. The van der Waals surface area contributed by atoms with Crippen molar-refractivity contribution in [2.24, 2.45) is 17.9 Å². The molecule has 2 aliphatic rings. The molecule has 2 heterocycles. The molecule has 0 atom stereocenters. The molecule has 1 aliphatic heterocycles. The minimum atomic E-state index is 0.207. The number of hydrogen-bond donors (Lipinski definition) is 0. The monoisotopic (exact) mass is 521 g/mol. The standard InChI is InChI=1S/C36H45N2O/c1-9-36(10-2)16-14-25(15-17-36)27-12-11-13-28-32(27)37-34-33(38(28)8)30-23(4)22(3)18-26-19-24(21-35(5,6)7)20-29(39-34)31(26)30/h11-13,18-20,25H,9-10,14-17,21H2,1-8H3/q+1. The van der Waals surface area contributed by atoms with Crippen molar-refractivity contribution >= 4 is 21.8 Å². The van der Waals surface area contributed by atoms with E-state index in [-0.39, 0.29) is 5.41 Å². The first-order chi connectivity index (χ1) is 18.5. The molecule has 1 aliphatic carbocycles. The van der Waals surface area contributed by atoms with Crippen molar-refractivity contribution in [1.82, 2.24) is 4.98 Å². The fourth-order valence-electron chi connectivity index (χ4n) is 7.53. The summed E-state index contributed by atoms with van der Waals surface area (Å²) in [5.74, 6) is 2.27. The summed E-state index contributed by atoms with van der Waals surface area (Å²) in [6.45, 7) is 16.1. The van der Waals surface area contributed by atoms with Gasteiger partial charge < -0.3 is 4.74 Å². The third kappa shape index (κ3) is 4.33. The van der Waals surface area contributed by atoms with Crippen molar-refractivity contribution in [3.05, 3.63) is 58.7 Å². The Morgan fingerprint density at radius 2 is 1.74 bits per heavy atom. The van der Waals surface area contributed by atoms with E-state index in [1.165, 1.54) is 82.6 Å². The highest BCUT2D eigenvalue weighted by Crippen LogP contribution is 2.50. The van der Waals surface area contributed by atoms with Crippen molar-refractivity contribution in [3.63, 3.8) is 0 Å². The zero-order valence-electron chi connectivity index (χ0n) is 25.3. The lowest BCUT2D eigenvalue weighted by molar-refractivity contribution is -0.634. The number of fused-ring (bicyclic) bond motifs is 3. The van der Waals surface area contributed by atoms with Crippen molar-refractivity contribution in [3.8, 4) is 22.9 Å². The Morgan fingerprint density at radius 3 is 2.41 bits per heavy atom. The summed E-state index contributed by atoms with van der Waals surface area (Å²) < 4.78 is 9.11. The molecule has 0 unspecified atom stereocenters. The number of aromatic nitrogens is 2. The molecule has 0 radical (unpaired) electrons. The lowest BCUT2D eigenvalue weighted by Crippen LogP contribution is -2.35. The Labute approximate surface area is 234 Å². The summed E-state index contributed by atoms with van der Waals surface area (Å²) >= 11 is 0. The fourth-order valence-corrected chi connectivity index (χ4v) is 7.53. The van der Waals surface area contributed by atoms with E-state index in [2.05, 4.69) is 96.5 Å². The first-order valence-electron chi connectivity index (χ1n) is 15.1. The van der Waals surface area contributed by atoms with Crippen LogP contribution in [-0.2, 0) is 13.5 Å². The topological polar surface area (TPSA) is 26.0 Å². The van der Waals surface area contributed by atoms with Crippen LogP contribution in [0.3, 0.4) is 0 Å². The summed E-state index contributed by atoms with van der Waals surface area (Å²) in [6, 6.07) is 13.8. The summed E-state index contributed by atoms with van der Waals surface area (Å²) in [5.41, 5.74) is 10.8. The summed E-state index contributed by atoms with van der Waals surface area (Å²) in [4.78, 5) is 5.35. The largest absolute Gasteiger partial charge is 0.433 e. The third-order valence-corrected chi connectivity index (χ3v) is 10.1. The van der Waals surface area contributed by atoms with E-state index in [0.29, 0.717) is 11.3 Å². The molecule has 0 bridgehead atoms. The van der Waals surface area contributed by atoms with Crippen LogP contribution < -0.4 is 9.30 Å². The number of aryl methyl sites for hydroxylation is 2. The minimum Gasteiger partial charge on any atom is -0.433 e. The van der Waals surface area contributed by atoms with Crippen LogP contribution in [-0.4, -0.2) is 4.98 Å². The maximum absolute atomic E-state index is 6.77. The van der Waals surface area contributed by atoms with Crippen LogP contribution in [0.25, 0.3) is 33.1 Å². The first kappa shape index (κ1) is 26.3. The highest BCUT2D eigenvalue weighted by Gasteiger charge is 2.36. The Morgan fingerprint density at radius 1 is 1.03 bits per heavy atom. The van der Waals surface area contributed by atoms with Crippen molar-refractivity contribution in [2.45, 2.75) is 99.3 Å². The van der Waals surface area contributed by atoms with Gasteiger partial charge in [-0.1, -0.05) is 71.7 Å². The Hall–Kier alpha value is -2.94. The predicted molar refractivity (Wildman–Crippen MR) is 163 cm³/mol. The van der Waals surface area contributed by atoms with E-state index in [1.807, 2.05) is 0 Å². The first-order valence-corrected chi connectivity index (χ1v) is 15.1. The molecule has 204 valence electrons. The van der Waals surface area contributed by atoms with Crippen molar-refractivity contribution in [1.29, 1.82) is 0 Å². The van der Waals surface area contributed by atoms with Gasteiger partial charge >= 0.3 is 0 Å². The van der Waals surface area contributed by atoms with Crippen LogP contribution in [0.1, 0.15) is 101 Å². The van der Waals surface area contributed by atoms with Crippen LogP contribution in [0.4, 0.5) is 0 Å². The van der Waals surface area contributed by atoms with Gasteiger partial charge in [0, 0.05) is 11.5 Å². The van der Waals surface area contributed by atoms with E-state index < -0.39 is 0 Å². The second-order valence-electron chi connectivity index (χ2n) is 13.7.